The van der Waals surface area contributed by atoms with Gasteiger partial charge in [-0.3, -0.25) is 4.79 Å². The molecule has 2 aromatic rings. The monoisotopic (exact) mass is 328 g/mol. The molecule has 0 radical (unpaired) electrons. The summed E-state index contributed by atoms with van der Waals surface area (Å²) in [6.07, 6.45) is 0. The van der Waals surface area contributed by atoms with E-state index in [4.69, 9.17) is 40.5 Å². The Kier molecular flexibility index (Phi) is 4.76. The number of anilines is 1. The molecule has 0 saturated carbocycles. The number of nitrogens with one attached hydrogen (secondary N) is 1. The SMILES string of the molecule is NC(=O)c1ccccc1CNc1c(Cl)cc(Cl)cc1Cl. The van der Waals surface area contributed by atoms with Crippen molar-refractivity contribution in [3.63, 3.8) is 0 Å². The summed E-state index contributed by atoms with van der Waals surface area (Å²) in [5.41, 5.74) is 7.12. The van der Waals surface area contributed by atoms with Gasteiger partial charge in [-0.2, -0.15) is 0 Å². The molecule has 0 unspecified atom stereocenters. The minimum Gasteiger partial charge on any atom is -0.379 e. The number of rotatable bonds is 4. The highest BCUT2D eigenvalue weighted by Gasteiger charge is 2.10. The molecule has 0 bridgehead atoms. The molecular formula is C14H11Cl3N2O. The minimum atomic E-state index is -0.476. The van der Waals surface area contributed by atoms with E-state index < -0.39 is 5.91 Å². The normalized spacial score (nSPS) is 10.3. The van der Waals surface area contributed by atoms with Gasteiger partial charge in [-0.1, -0.05) is 53.0 Å². The van der Waals surface area contributed by atoms with Crippen molar-refractivity contribution in [2.75, 3.05) is 5.32 Å². The lowest BCUT2D eigenvalue weighted by molar-refractivity contribution is 0.0999. The van der Waals surface area contributed by atoms with E-state index in [1.165, 1.54) is 0 Å². The van der Waals surface area contributed by atoms with Crippen LogP contribution in [0.1, 0.15) is 15.9 Å². The molecule has 0 fully saturated rings. The van der Waals surface area contributed by atoms with Crippen molar-refractivity contribution in [3.05, 3.63) is 62.6 Å². The molecule has 0 heterocycles. The first-order chi connectivity index (χ1) is 9.49. The van der Waals surface area contributed by atoms with Gasteiger partial charge in [0.1, 0.15) is 0 Å². The van der Waals surface area contributed by atoms with E-state index >= 15 is 0 Å². The lowest BCUT2D eigenvalue weighted by atomic mass is 10.1. The molecule has 0 spiro atoms. The van der Waals surface area contributed by atoms with Crippen LogP contribution >= 0.6 is 34.8 Å². The fourth-order valence-electron chi connectivity index (χ4n) is 1.81. The number of carbonyl (C=O) groups excluding carboxylic acids is 1. The van der Waals surface area contributed by atoms with Crippen molar-refractivity contribution in [2.24, 2.45) is 5.73 Å². The van der Waals surface area contributed by atoms with Gasteiger partial charge in [0.25, 0.3) is 0 Å². The van der Waals surface area contributed by atoms with E-state index in [-0.39, 0.29) is 0 Å². The molecule has 2 rings (SSSR count). The van der Waals surface area contributed by atoms with Gasteiger partial charge in [0.05, 0.1) is 15.7 Å². The Balaban J connectivity index is 2.24. The van der Waals surface area contributed by atoms with Crippen molar-refractivity contribution in [3.8, 4) is 0 Å². The molecule has 3 nitrogen and oxygen atoms in total. The smallest absolute Gasteiger partial charge is 0.249 e. The molecule has 0 aliphatic rings. The molecule has 6 heteroatoms. The topological polar surface area (TPSA) is 55.1 Å². The summed E-state index contributed by atoms with van der Waals surface area (Å²) in [7, 11) is 0. The fraction of sp³-hybridized carbons (Fsp3) is 0.0714. The van der Waals surface area contributed by atoms with Gasteiger partial charge in [-0.05, 0) is 23.8 Å². The summed E-state index contributed by atoms with van der Waals surface area (Å²) in [4.78, 5) is 11.3. The summed E-state index contributed by atoms with van der Waals surface area (Å²) >= 11 is 18.0. The molecule has 2 aromatic carbocycles. The second-order valence-corrected chi connectivity index (χ2v) is 5.37. The van der Waals surface area contributed by atoms with Crippen LogP contribution in [0.2, 0.25) is 15.1 Å². The Morgan fingerprint density at radius 3 is 2.30 bits per heavy atom. The number of hydrogen-bond donors (Lipinski definition) is 2. The highest BCUT2D eigenvalue weighted by molar-refractivity contribution is 6.41. The third kappa shape index (κ3) is 3.37. The predicted molar refractivity (Wildman–Crippen MR) is 83.8 cm³/mol. The highest BCUT2D eigenvalue weighted by atomic mass is 35.5. The molecule has 0 aliphatic heterocycles. The molecule has 104 valence electrons. The lowest BCUT2D eigenvalue weighted by Gasteiger charge is -2.12. The van der Waals surface area contributed by atoms with E-state index in [9.17, 15) is 4.79 Å². The molecule has 1 amide bonds. The Morgan fingerprint density at radius 1 is 1.10 bits per heavy atom. The van der Waals surface area contributed by atoms with Crippen LogP contribution in [0.15, 0.2) is 36.4 Å². The first-order valence-electron chi connectivity index (χ1n) is 5.75. The Morgan fingerprint density at radius 2 is 1.70 bits per heavy atom. The van der Waals surface area contributed by atoms with Crippen LogP contribution in [-0.2, 0) is 6.54 Å². The van der Waals surface area contributed by atoms with Crippen molar-refractivity contribution in [1.29, 1.82) is 0 Å². The zero-order valence-electron chi connectivity index (χ0n) is 10.3. The molecule has 0 aliphatic carbocycles. The molecule has 20 heavy (non-hydrogen) atoms. The number of nitrogens with two attached hydrogens (primary N) is 1. The van der Waals surface area contributed by atoms with Gasteiger partial charge in [-0.25, -0.2) is 0 Å². The van der Waals surface area contributed by atoms with Gasteiger partial charge in [0.2, 0.25) is 5.91 Å². The van der Waals surface area contributed by atoms with E-state index in [0.29, 0.717) is 32.9 Å². The number of hydrogen-bond acceptors (Lipinski definition) is 2. The summed E-state index contributed by atoms with van der Waals surface area (Å²) < 4.78 is 0. The van der Waals surface area contributed by atoms with E-state index in [0.717, 1.165) is 5.56 Å². The van der Waals surface area contributed by atoms with Gasteiger partial charge in [0.15, 0.2) is 0 Å². The van der Waals surface area contributed by atoms with Gasteiger partial charge >= 0.3 is 0 Å². The number of halogens is 3. The van der Waals surface area contributed by atoms with E-state index in [1.807, 2.05) is 12.1 Å². The lowest BCUT2D eigenvalue weighted by Crippen LogP contribution is -2.15. The molecule has 0 saturated heterocycles. The summed E-state index contributed by atoms with van der Waals surface area (Å²) in [5.74, 6) is -0.476. The zero-order valence-corrected chi connectivity index (χ0v) is 12.6. The third-order valence-corrected chi connectivity index (χ3v) is 3.56. The summed E-state index contributed by atoms with van der Waals surface area (Å²) in [6, 6.07) is 10.3. The van der Waals surface area contributed by atoms with Crippen molar-refractivity contribution < 1.29 is 4.79 Å². The van der Waals surface area contributed by atoms with E-state index in [2.05, 4.69) is 5.32 Å². The van der Waals surface area contributed by atoms with E-state index in [1.54, 1.807) is 24.3 Å². The maximum atomic E-state index is 11.3. The first kappa shape index (κ1) is 15.0. The average molecular weight is 330 g/mol. The van der Waals surface area contributed by atoms with Crippen molar-refractivity contribution >= 4 is 46.4 Å². The number of carbonyl (C=O) groups is 1. The molecule has 3 N–H and O–H groups in total. The highest BCUT2D eigenvalue weighted by Crippen LogP contribution is 2.34. The maximum Gasteiger partial charge on any atom is 0.249 e. The van der Waals surface area contributed by atoms with Crippen molar-refractivity contribution in [2.45, 2.75) is 6.54 Å². The van der Waals surface area contributed by atoms with Crippen LogP contribution in [0.3, 0.4) is 0 Å². The Bertz CT molecular complexity index is 636. The quantitative estimate of drug-likeness (QED) is 0.875. The maximum absolute atomic E-state index is 11.3. The largest absolute Gasteiger partial charge is 0.379 e. The first-order valence-corrected chi connectivity index (χ1v) is 6.88. The van der Waals surface area contributed by atoms with Crippen LogP contribution in [0, 0.1) is 0 Å². The minimum absolute atomic E-state index is 0.375. The van der Waals surface area contributed by atoms with Gasteiger partial charge in [-0.15, -0.1) is 0 Å². The summed E-state index contributed by atoms with van der Waals surface area (Å²) in [6.45, 7) is 0.375. The predicted octanol–water partition coefficient (Wildman–Crippen LogP) is 4.36. The molecular weight excluding hydrogens is 319 g/mol. The number of primary amides is 1. The Hall–Kier alpha value is -1.42. The number of amides is 1. The fourth-order valence-corrected chi connectivity index (χ4v) is 2.76. The average Bonchev–Trinajstić information content (AvgIpc) is 2.37. The second-order valence-electron chi connectivity index (χ2n) is 4.12. The standard InChI is InChI=1S/C14H11Cl3N2O/c15-9-5-11(16)13(12(17)6-9)19-7-8-3-1-2-4-10(8)14(18)20/h1-6,19H,7H2,(H2,18,20). The number of benzene rings is 2. The molecule has 0 aromatic heterocycles. The Labute approximate surface area is 131 Å². The van der Waals surface area contributed by atoms with Crippen LogP contribution in [0.4, 0.5) is 5.69 Å². The van der Waals surface area contributed by atoms with Gasteiger partial charge in [0, 0.05) is 17.1 Å². The van der Waals surface area contributed by atoms with Gasteiger partial charge < -0.3 is 11.1 Å². The molecule has 0 atom stereocenters. The zero-order chi connectivity index (χ0) is 14.7. The third-order valence-electron chi connectivity index (χ3n) is 2.75. The summed E-state index contributed by atoms with van der Waals surface area (Å²) in [5, 5.41) is 4.38. The van der Waals surface area contributed by atoms with Crippen molar-refractivity contribution in [1.82, 2.24) is 0 Å². The van der Waals surface area contributed by atoms with Crippen LogP contribution < -0.4 is 11.1 Å². The van der Waals surface area contributed by atoms with Crippen LogP contribution in [0.5, 0.6) is 0 Å². The second kappa shape index (κ2) is 6.35. The van der Waals surface area contributed by atoms with Crippen LogP contribution in [-0.4, -0.2) is 5.91 Å². The van der Waals surface area contributed by atoms with Crippen LogP contribution in [0.25, 0.3) is 0 Å².